The molecule has 0 fully saturated rings. The van der Waals surface area contributed by atoms with Crippen LogP contribution in [0.2, 0.25) is 0 Å². The monoisotopic (exact) mass is 1030 g/mol. The Morgan fingerprint density at radius 1 is 0.311 bits per heavy atom. The van der Waals surface area contributed by atoms with E-state index in [0.717, 1.165) is 57.8 Å². The predicted octanol–water partition coefficient (Wildman–Crippen LogP) is 22.5. The summed E-state index contributed by atoms with van der Waals surface area (Å²) in [4.78, 5) is 24.6. The minimum atomic E-state index is -0.773. The van der Waals surface area contributed by atoms with Gasteiger partial charge in [0.15, 0.2) is 6.10 Å². The smallest absolute Gasteiger partial charge is 0.306 e. The van der Waals surface area contributed by atoms with Crippen LogP contribution in [-0.4, -0.2) is 36.4 Å². The molecule has 0 aromatic heterocycles. The molecule has 0 aromatic carbocycles. The van der Waals surface area contributed by atoms with E-state index in [2.05, 4.69) is 74.6 Å². The summed E-state index contributed by atoms with van der Waals surface area (Å²) < 4.78 is 10.7. The van der Waals surface area contributed by atoms with Crippen LogP contribution in [0.5, 0.6) is 0 Å². The maximum Gasteiger partial charge on any atom is 0.306 e. The predicted molar refractivity (Wildman–Crippen MR) is 325 cm³/mol. The lowest BCUT2D eigenvalue weighted by atomic mass is 10.0. The molecular weight excluding hydrogens is 909 g/mol. The molecule has 0 heterocycles. The van der Waals surface area contributed by atoms with Crippen LogP contribution in [0.3, 0.4) is 0 Å². The van der Waals surface area contributed by atoms with Gasteiger partial charge < -0.3 is 14.6 Å². The summed E-state index contributed by atoms with van der Waals surface area (Å²) in [6.45, 7) is 4.16. The summed E-state index contributed by atoms with van der Waals surface area (Å²) in [6, 6.07) is 0. The molecule has 0 aliphatic heterocycles. The summed E-state index contributed by atoms with van der Waals surface area (Å²) in [7, 11) is 0. The van der Waals surface area contributed by atoms with Gasteiger partial charge in [0.05, 0.1) is 6.61 Å². The van der Waals surface area contributed by atoms with E-state index >= 15 is 0 Å². The van der Waals surface area contributed by atoms with Gasteiger partial charge in [-0.1, -0.05) is 312 Å². The van der Waals surface area contributed by atoms with E-state index in [1.807, 2.05) is 0 Å². The lowest BCUT2D eigenvalue weighted by Gasteiger charge is -2.15. The number of unbranched alkanes of at least 4 members (excludes halogenated alkanes) is 43. The first-order valence-corrected chi connectivity index (χ1v) is 32.8. The minimum absolute atomic E-state index is 0.0639. The van der Waals surface area contributed by atoms with Crippen LogP contribution in [0.25, 0.3) is 0 Å². The standard InChI is InChI=1S/C69H126O5/c1-3-5-7-9-11-13-15-17-19-21-23-25-27-28-29-30-31-32-33-34-35-36-37-38-39-40-42-44-46-48-50-52-54-56-58-60-62-64-69(72)74-67(65-70)66-73-68(71)63-61-59-57-55-53-51-49-47-45-43-41-26-24-22-20-18-16-14-12-10-8-6-4-2/h15-18,21-24,27-28,67,70H,3-14,19-20,25-26,29-66H2,1-2H3/b17-15-,18-16-,23-21-,24-22-,28-27-. The van der Waals surface area contributed by atoms with Crippen molar-refractivity contribution in [1.82, 2.24) is 0 Å². The van der Waals surface area contributed by atoms with Crippen molar-refractivity contribution in [1.29, 1.82) is 0 Å². The number of allylic oxidation sites excluding steroid dienone is 10. The second-order valence-corrected chi connectivity index (χ2v) is 22.2. The second-order valence-electron chi connectivity index (χ2n) is 22.2. The second kappa shape index (κ2) is 64.9. The fraction of sp³-hybridized carbons (Fsp3) is 0.826. The lowest BCUT2D eigenvalue weighted by Crippen LogP contribution is -2.28. The molecule has 1 atom stereocenters. The largest absolute Gasteiger partial charge is 0.462 e. The summed E-state index contributed by atoms with van der Waals surface area (Å²) in [5.41, 5.74) is 0. The van der Waals surface area contributed by atoms with E-state index in [1.165, 1.54) is 263 Å². The SMILES string of the molecule is CCCCCCC/C=C\C/C=C\C/C=C\CCCCCCCCCCCCCCCCCCCCCCCCC(=O)OC(CO)COC(=O)CCCCCCCCCCCCC/C=C\C/C=C\CCCCCCC. The van der Waals surface area contributed by atoms with E-state index in [0.29, 0.717) is 12.8 Å². The number of carbonyl (C=O) groups is 2. The quantitative estimate of drug-likeness (QED) is 0.0373. The Labute approximate surface area is 461 Å². The third-order valence-electron chi connectivity index (χ3n) is 14.8. The van der Waals surface area contributed by atoms with Gasteiger partial charge in [0.2, 0.25) is 0 Å². The van der Waals surface area contributed by atoms with Crippen LogP contribution in [0, 0.1) is 0 Å². The Morgan fingerprint density at radius 3 is 0.811 bits per heavy atom. The molecule has 0 aliphatic rings. The van der Waals surface area contributed by atoms with Gasteiger partial charge in [0.1, 0.15) is 6.61 Å². The molecular formula is C69H126O5. The number of aliphatic hydroxyl groups excluding tert-OH is 1. The number of aliphatic hydroxyl groups is 1. The molecule has 0 aromatic rings. The van der Waals surface area contributed by atoms with Crippen LogP contribution < -0.4 is 0 Å². The molecule has 1 unspecified atom stereocenters. The molecule has 432 valence electrons. The fourth-order valence-electron chi connectivity index (χ4n) is 9.83. The van der Waals surface area contributed by atoms with E-state index in [-0.39, 0.29) is 25.2 Å². The molecule has 0 saturated heterocycles. The van der Waals surface area contributed by atoms with Crippen molar-refractivity contribution in [2.45, 2.75) is 354 Å². The summed E-state index contributed by atoms with van der Waals surface area (Å²) in [6.07, 6.45) is 88.1. The molecule has 74 heavy (non-hydrogen) atoms. The van der Waals surface area contributed by atoms with Gasteiger partial charge in [-0.25, -0.2) is 0 Å². The first-order valence-electron chi connectivity index (χ1n) is 32.8. The van der Waals surface area contributed by atoms with Crippen molar-refractivity contribution < 1.29 is 24.2 Å². The third-order valence-corrected chi connectivity index (χ3v) is 14.8. The van der Waals surface area contributed by atoms with Crippen molar-refractivity contribution in [3.8, 4) is 0 Å². The number of esters is 2. The Morgan fingerprint density at radius 2 is 0.541 bits per heavy atom. The molecule has 0 amide bonds. The highest BCUT2D eigenvalue weighted by Crippen LogP contribution is 2.18. The molecule has 0 rings (SSSR count). The van der Waals surface area contributed by atoms with Crippen molar-refractivity contribution in [2.24, 2.45) is 0 Å². The molecule has 0 saturated carbocycles. The fourth-order valence-corrected chi connectivity index (χ4v) is 9.83. The van der Waals surface area contributed by atoms with E-state index in [9.17, 15) is 14.7 Å². The molecule has 0 aliphatic carbocycles. The van der Waals surface area contributed by atoms with Gasteiger partial charge in [-0.05, 0) is 83.5 Å². The first kappa shape index (κ1) is 71.6. The summed E-state index contributed by atoms with van der Waals surface area (Å²) in [5.74, 6) is -0.577. The maximum absolute atomic E-state index is 12.3. The van der Waals surface area contributed by atoms with Crippen molar-refractivity contribution >= 4 is 11.9 Å². The Kier molecular flexibility index (Phi) is 62.8. The average Bonchev–Trinajstić information content (AvgIpc) is 3.40. The highest BCUT2D eigenvalue weighted by atomic mass is 16.6. The van der Waals surface area contributed by atoms with Crippen LogP contribution in [0.15, 0.2) is 60.8 Å². The molecule has 0 bridgehead atoms. The van der Waals surface area contributed by atoms with Gasteiger partial charge >= 0.3 is 11.9 Å². The van der Waals surface area contributed by atoms with E-state index in [4.69, 9.17) is 9.47 Å². The normalized spacial score (nSPS) is 12.5. The highest BCUT2D eigenvalue weighted by Gasteiger charge is 2.16. The molecule has 5 nitrogen and oxygen atoms in total. The summed E-state index contributed by atoms with van der Waals surface area (Å²) >= 11 is 0. The third kappa shape index (κ3) is 62.1. The Balaban J connectivity index is 3.42. The molecule has 0 radical (unpaired) electrons. The van der Waals surface area contributed by atoms with E-state index in [1.54, 1.807) is 0 Å². The first-order chi connectivity index (χ1) is 36.6. The number of carbonyl (C=O) groups excluding carboxylic acids is 2. The lowest BCUT2D eigenvalue weighted by molar-refractivity contribution is -0.161. The van der Waals surface area contributed by atoms with E-state index < -0.39 is 6.10 Å². The van der Waals surface area contributed by atoms with Crippen molar-refractivity contribution in [2.75, 3.05) is 13.2 Å². The summed E-state index contributed by atoms with van der Waals surface area (Å²) in [5, 5.41) is 9.68. The number of ether oxygens (including phenoxy) is 2. The van der Waals surface area contributed by atoms with Crippen molar-refractivity contribution in [3.63, 3.8) is 0 Å². The van der Waals surface area contributed by atoms with Gasteiger partial charge in [0.25, 0.3) is 0 Å². The van der Waals surface area contributed by atoms with Crippen molar-refractivity contribution in [3.05, 3.63) is 60.8 Å². The van der Waals surface area contributed by atoms with Crippen LogP contribution >= 0.6 is 0 Å². The zero-order chi connectivity index (χ0) is 53.4. The van der Waals surface area contributed by atoms with Crippen LogP contribution in [0.4, 0.5) is 0 Å². The Bertz CT molecular complexity index is 1260. The molecule has 5 heteroatoms. The average molecular weight is 1040 g/mol. The highest BCUT2D eigenvalue weighted by molar-refractivity contribution is 5.70. The topological polar surface area (TPSA) is 72.8 Å². The van der Waals surface area contributed by atoms with Gasteiger partial charge in [-0.3, -0.25) is 9.59 Å². The van der Waals surface area contributed by atoms with Crippen LogP contribution in [0.1, 0.15) is 348 Å². The zero-order valence-corrected chi connectivity index (χ0v) is 49.6. The van der Waals surface area contributed by atoms with Gasteiger partial charge in [0, 0.05) is 12.8 Å². The van der Waals surface area contributed by atoms with Gasteiger partial charge in [-0.15, -0.1) is 0 Å². The molecule has 1 N–H and O–H groups in total. The Hall–Kier alpha value is -2.40. The number of rotatable bonds is 61. The van der Waals surface area contributed by atoms with Crippen LogP contribution in [-0.2, 0) is 19.1 Å². The number of hydrogen-bond donors (Lipinski definition) is 1. The minimum Gasteiger partial charge on any atom is -0.462 e. The number of hydrogen-bond acceptors (Lipinski definition) is 5. The molecule has 0 spiro atoms. The van der Waals surface area contributed by atoms with Gasteiger partial charge in [-0.2, -0.15) is 0 Å². The maximum atomic E-state index is 12.3. The zero-order valence-electron chi connectivity index (χ0n) is 49.6.